The van der Waals surface area contributed by atoms with Crippen LogP contribution in [0.3, 0.4) is 0 Å². The minimum absolute atomic E-state index is 0.00847. The van der Waals surface area contributed by atoms with Crippen LogP contribution in [0.2, 0.25) is 0 Å². The highest BCUT2D eigenvalue weighted by molar-refractivity contribution is 6.01. The van der Waals surface area contributed by atoms with Crippen LogP contribution < -0.4 is 16.8 Å². The van der Waals surface area contributed by atoms with Gasteiger partial charge in [-0.25, -0.2) is 0 Å². The monoisotopic (exact) mass is 279 g/mol. The van der Waals surface area contributed by atoms with Gasteiger partial charge < -0.3 is 16.8 Å². The Kier molecular flexibility index (Phi) is 3.10. The van der Waals surface area contributed by atoms with E-state index in [1.54, 1.807) is 12.1 Å². The molecule has 0 fully saturated rings. The Labute approximate surface area is 123 Å². The van der Waals surface area contributed by atoms with Crippen LogP contribution in [0, 0.1) is 10.8 Å². The van der Waals surface area contributed by atoms with Gasteiger partial charge in [0.25, 0.3) is 0 Å². The Bertz CT molecular complexity index is 710. The van der Waals surface area contributed by atoms with E-state index >= 15 is 0 Å². The molecule has 0 radical (unpaired) electrons. The Morgan fingerprint density at radius 3 is 2.48 bits per heavy atom. The number of benzene rings is 2. The zero-order chi connectivity index (χ0) is 15.0. The van der Waals surface area contributed by atoms with Crippen molar-refractivity contribution in [3.8, 4) is 0 Å². The zero-order valence-electron chi connectivity index (χ0n) is 11.5. The number of fused-ring (bicyclic) bond motifs is 1. The number of amidine groups is 2. The molecule has 1 aliphatic rings. The normalized spacial score (nSPS) is 16.1. The molecule has 2 aromatic rings. The van der Waals surface area contributed by atoms with E-state index in [-0.39, 0.29) is 17.7 Å². The Morgan fingerprint density at radius 1 is 1.05 bits per heavy atom. The van der Waals surface area contributed by atoms with Gasteiger partial charge in [0.05, 0.1) is 6.04 Å². The number of para-hydroxylation sites is 1. The standard InChI is InChI=1S/C16H17N5/c17-15(18)10-5-6-11(12(7-10)16(19)20)14-8-9-3-1-2-4-13(9)21-14/h1-7,14,21H,8H2,(H3,17,18)(H3,19,20). The van der Waals surface area contributed by atoms with Crippen LogP contribution in [-0.4, -0.2) is 11.7 Å². The fourth-order valence-corrected chi connectivity index (χ4v) is 2.75. The molecule has 3 rings (SSSR count). The lowest BCUT2D eigenvalue weighted by Crippen LogP contribution is -2.20. The molecule has 1 heterocycles. The molecule has 2 aromatic carbocycles. The van der Waals surface area contributed by atoms with Gasteiger partial charge in [-0.1, -0.05) is 30.3 Å². The lowest BCUT2D eigenvalue weighted by atomic mass is 9.95. The van der Waals surface area contributed by atoms with Gasteiger partial charge in [-0.2, -0.15) is 0 Å². The number of rotatable bonds is 3. The Hall–Kier alpha value is -2.82. The molecular weight excluding hydrogens is 262 g/mol. The summed E-state index contributed by atoms with van der Waals surface area (Å²) in [6.07, 6.45) is 0.857. The molecular formula is C16H17N5. The van der Waals surface area contributed by atoms with Crippen LogP contribution in [0.15, 0.2) is 42.5 Å². The Morgan fingerprint density at radius 2 is 1.81 bits per heavy atom. The number of hydrogen-bond acceptors (Lipinski definition) is 3. The molecule has 0 bridgehead atoms. The summed E-state index contributed by atoms with van der Waals surface area (Å²) >= 11 is 0. The summed E-state index contributed by atoms with van der Waals surface area (Å²) in [5, 5.41) is 18.7. The van der Waals surface area contributed by atoms with Crippen LogP contribution in [0.1, 0.15) is 28.3 Å². The summed E-state index contributed by atoms with van der Waals surface area (Å²) in [6.45, 7) is 0. The number of anilines is 1. The van der Waals surface area contributed by atoms with E-state index in [1.165, 1.54) is 5.56 Å². The average Bonchev–Trinajstić information content (AvgIpc) is 2.90. The van der Waals surface area contributed by atoms with Crippen molar-refractivity contribution < 1.29 is 0 Å². The van der Waals surface area contributed by atoms with E-state index in [0.29, 0.717) is 11.1 Å². The SMILES string of the molecule is N=C(N)c1ccc(C2Cc3ccccc3N2)c(C(=N)N)c1. The van der Waals surface area contributed by atoms with Crippen molar-refractivity contribution in [2.75, 3.05) is 5.32 Å². The van der Waals surface area contributed by atoms with E-state index in [9.17, 15) is 0 Å². The molecule has 0 aromatic heterocycles. The molecule has 1 unspecified atom stereocenters. The highest BCUT2D eigenvalue weighted by Gasteiger charge is 2.24. The fourth-order valence-electron chi connectivity index (χ4n) is 2.75. The lowest BCUT2D eigenvalue weighted by Gasteiger charge is -2.17. The summed E-state index contributed by atoms with van der Waals surface area (Å²) in [4.78, 5) is 0. The van der Waals surface area contributed by atoms with Gasteiger partial charge in [0.2, 0.25) is 0 Å². The predicted molar refractivity (Wildman–Crippen MR) is 85.0 cm³/mol. The van der Waals surface area contributed by atoms with Gasteiger partial charge in [0.1, 0.15) is 11.7 Å². The van der Waals surface area contributed by atoms with Gasteiger partial charge in [-0.15, -0.1) is 0 Å². The van der Waals surface area contributed by atoms with E-state index in [2.05, 4.69) is 11.4 Å². The summed E-state index contributed by atoms with van der Waals surface area (Å²) in [5.74, 6) is -0.0300. The van der Waals surface area contributed by atoms with Crippen LogP contribution in [0.5, 0.6) is 0 Å². The first-order valence-electron chi connectivity index (χ1n) is 6.73. The minimum Gasteiger partial charge on any atom is -0.384 e. The summed E-state index contributed by atoms with van der Waals surface area (Å²) in [7, 11) is 0. The molecule has 21 heavy (non-hydrogen) atoms. The molecule has 1 atom stereocenters. The first-order chi connectivity index (χ1) is 10.1. The molecule has 5 nitrogen and oxygen atoms in total. The van der Waals surface area contributed by atoms with Crippen molar-refractivity contribution in [1.29, 1.82) is 10.8 Å². The zero-order valence-corrected chi connectivity index (χ0v) is 11.5. The molecule has 0 aliphatic carbocycles. The number of nitrogens with one attached hydrogen (secondary N) is 3. The topological polar surface area (TPSA) is 112 Å². The molecule has 1 aliphatic heterocycles. The number of hydrogen-bond donors (Lipinski definition) is 5. The third-order valence-corrected chi connectivity index (χ3v) is 3.80. The van der Waals surface area contributed by atoms with E-state index in [4.69, 9.17) is 22.3 Å². The van der Waals surface area contributed by atoms with Gasteiger partial charge in [0, 0.05) is 16.8 Å². The predicted octanol–water partition coefficient (Wildman–Crippen LogP) is 1.96. The van der Waals surface area contributed by atoms with E-state index in [0.717, 1.165) is 17.7 Å². The third kappa shape index (κ3) is 2.33. The van der Waals surface area contributed by atoms with Gasteiger partial charge in [0.15, 0.2) is 0 Å². The van der Waals surface area contributed by atoms with Crippen LogP contribution in [-0.2, 0) is 6.42 Å². The molecule has 7 N–H and O–H groups in total. The maximum absolute atomic E-state index is 7.78. The summed E-state index contributed by atoms with van der Waals surface area (Å²) in [5.41, 5.74) is 15.8. The van der Waals surface area contributed by atoms with Gasteiger partial charge in [-0.3, -0.25) is 10.8 Å². The smallest absolute Gasteiger partial charge is 0.123 e. The van der Waals surface area contributed by atoms with E-state index < -0.39 is 0 Å². The maximum Gasteiger partial charge on any atom is 0.123 e. The maximum atomic E-state index is 7.78. The quantitative estimate of drug-likeness (QED) is 0.437. The third-order valence-electron chi connectivity index (χ3n) is 3.80. The lowest BCUT2D eigenvalue weighted by molar-refractivity contribution is 0.821. The van der Waals surface area contributed by atoms with Gasteiger partial charge >= 0.3 is 0 Å². The van der Waals surface area contributed by atoms with Crippen LogP contribution >= 0.6 is 0 Å². The minimum atomic E-state index is -0.0216. The first-order valence-corrected chi connectivity index (χ1v) is 6.73. The van der Waals surface area contributed by atoms with Crippen molar-refractivity contribution in [3.63, 3.8) is 0 Å². The molecule has 0 amide bonds. The molecule has 106 valence electrons. The Balaban J connectivity index is 2.00. The molecule has 0 saturated heterocycles. The molecule has 0 saturated carbocycles. The highest BCUT2D eigenvalue weighted by atomic mass is 15.0. The van der Waals surface area contributed by atoms with Gasteiger partial charge in [-0.05, 0) is 29.7 Å². The number of nitrogen functional groups attached to an aromatic ring is 2. The fraction of sp³-hybridized carbons (Fsp3) is 0.125. The second kappa shape index (κ2) is 4.94. The van der Waals surface area contributed by atoms with E-state index in [1.807, 2.05) is 24.3 Å². The second-order valence-electron chi connectivity index (χ2n) is 5.19. The second-order valence-corrected chi connectivity index (χ2v) is 5.19. The van der Waals surface area contributed by atoms with Crippen LogP contribution in [0.4, 0.5) is 5.69 Å². The number of nitrogens with two attached hydrogens (primary N) is 2. The average molecular weight is 279 g/mol. The largest absolute Gasteiger partial charge is 0.384 e. The first kappa shape index (κ1) is 13.2. The molecule has 5 heteroatoms. The molecule has 0 spiro atoms. The van der Waals surface area contributed by atoms with Crippen molar-refractivity contribution in [2.24, 2.45) is 11.5 Å². The summed E-state index contributed by atoms with van der Waals surface area (Å²) in [6, 6.07) is 13.7. The van der Waals surface area contributed by atoms with Crippen molar-refractivity contribution in [3.05, 3.63) is 64.7 Å². The van der Waals surface area contributed by atoms with Crippen molar-refractivity contribution >= 4 is 17.4 Å². The van der Waals surface area contributed by atoms with Crippen molar-refractivity contribution in [1.82, 2.24) is 0 Å². The summed E-state index contributed by atoms with van der Waals surface area (Å²) < 4.78 is 0. The van der Waals surface area contributed by atoms with Crippen LogP contribution in [0.25, 0.3) is 0 Å². The highest BCUT2D eigenvalue weighted by Crippen LogP contribution is 2.35. The van der Waals surface area contributed by atoms with Crippen molar-refractivity contribution in [2.45, 2.75) is 12.5 Å².